The lowest BCUT2D eigenvalue weighted by Crippen LogP contribution is -2.46. The summed E-state index contributed by atoms with van der Waals surface area (Å²) in [6.07, 6.45) is 0.187. The Hall–Kier alpha value is -3.20. The van der Waals surface area contributed by atoms with Crippen LogP contribution in [-0.2, 0) is 17.8 Å². The first-order valence-electron chi connectivity index (χ1n) is 7.78. The molecular formula is C17H16N4O4S. The molecule has 0 fully saturated rings. The minimum absolute atomic E-state index is 0.000641. The van der Waals surface area contributed by atoms with Crippen molar-refractivity contribution in [1.29, 1.82) is 0 Å². The van der Waals surface area contributed by atoms with Gasteiger partial charge in [0.15, 0.2) is 0 Å². The second kappa shape index (κ2) is 8.26. The van der Waals surface area contributed by atoms with Crippen molar-refractivity contribution < 1.29 is 19.2 Å². The number of carbonyl (C=O) groups excluding carboxylic acids is 1. The Morgan fingerprint density at radius 1 is 1.23 bits per heavy atom. The summed E-state index contributed by atoms with van der Waals surface area (Å²) in [6, 6.07) is 9.28. The molecule has 1 atom stereocenters. The Morgan fingerprint density at radius 2 is 2.04 bits per heavy atom. The second-order valence-electron chi connectivity index (χ2n) is 5.43. The highest BCUT2D eigenvalue weighted by molar-refractivity contribution is 7.08. The van der Waals surface area contributed by atoms with E-state index in [9.17, 15) is 14.7 Å². The molecule has 0 saturated carbocycles. The quantitative estimate of drug-likeness (QED) is 0.586. The second-order valence-corrected chi connectivity index (χ2v) is 6.21. The van der Waals surface area contributed by atoms with Gasteiger partial charge < -0.3 is 20.3 Å². The molecule has 9 heteroatoms. The van der Waals surface area contributed by atoms with Gasteiger partial charge in [0.2, 0.25) is 11.7 Å². The number of benzene rings is 1. The maximum atomic E-state index is 12.0. The lowest BCUT2D eigenvalue weighted by Gasteiger charge is -2.14. The van der Waals surface area contributed by atoms with Crippen LogP contribution in [0.1, 0.15) is 11.5 Å². The third-order valence-corrected chi connectivity index (χ3v) is 4.22. The van der Waals surface area contributed by atoms with Crippen LogP contribution in [0, 0.1) is 0 Å². The van der Waals surface area contributed by atoms with Crippen molar-refractivity contribution >= 4 is 23.3 Å². The van der Waals surface area contributed by atoms with Crippen LogP contribution < -0.4 is 10.6 Å². The highest BCUT2D eigenvalue weighted by Gasteiger charge is 2.20. The number of hydrogen-bond donors (Lipinski definition) is 3. The summed E-state index contributed by atoms with van der Waals surface area (Å²) in [4.78, 5) is 27.5. The van der Waals surface area contributed by atoms with Gasteiger partial charge in [-0.05, 0) is 17.0 Å². The van der Waals surface area contributed by atoms with Crippen molar-refractivity contribution in [3.63, 3.8) is 0 Å². The van der Waals surface area contributed by atoms with E-state index in [0.717, 1.165) is 11.1 Å². The number of carboxylic acid groups (broad SMARTS) is 1. The van der Waals surface area contributed by atoms with E-state index in [1.807, 2.05) is 35.0 Å². The molecule has 0 saturated heterocycles. The van der Waals surface area contributed by atoms with Gasteiger partial charge in [0.25, 0.3) is 0 Å². The first-order chi connectivity index (χ1) is 12.6. The Kier molecular flexibility index (Phi) is 5.59. The minimum atomic E-state index is -1.11. The van der Waals surface area contributed by atoms with E-state index >= 15 is 0 Å². The Labute approximate surface area is 152 Å². The smallest absolute Gasteiger partial charge is 0.326 e. The molecule has 134 valence electrons. The molecule has 8 nitrogen and oxygen atoms in total. The maximum absolute atomic E-state index is 12.0. The van der Waals surface area contributed by atoms with E-state index in [0.29, 0.717) is 5.82 Å². The highest BCUT2D eigenvalue weighted by atomic mass is 32.1. The molecule has 0 radical (unpaired) electrons. The first-order valence-corrected chi connectivity index (χ1v) is 8.72. The van der Waals surface area contributed by atoms with Gasteiger partial charge in [-0.2, -0.15) is 16.3 Å². The molecule has 0 aliphatic rings. The van der Waals surface area contributed by atoms with Gasteiger partial charge in [-0.1, -0.05) is 35.5 Å². The summed E-state index contributed by atoms with van der Waals surface area (Å²) in [6.45, 7) is 0.000641. The maximum Gasteiger partial charge on any atom is 0.326 e. The van der Waals surface area contributed by atoms with Gasteiger partial charge in [-0.15, -0.1) is 0 Å². The third-order valence-electron chi connectivity index (χ3n) is 3.53. The fourth-order valence-corrected chi connectivity index (χ4v) is 2.88. The average molecular weight is 372 g/mol. The van der Waals surface area contributed by atoms with Gasteiger partial charge in [-0.3, -0.25) is 0 Å². The fourth-order valence-electron chi connectivity index (χ4n) is 2.25. The number of carbonyl (C=O) groups is 2. The average Bonchev–Trinajstić information content (AvgIpc) is 3.31. The van der Waals surface area contributed by atoms with Crippen molar-refractivity contribution in [1.82, 2.24) is 20.8 Å². The van der Waals surface area contributed by atoms with Gasteiger partial charge >= 0.3 is 12.0 Å². The van der Waals surface area contributed by atoms with Crippen LogP contribution in [0.5, 0.6) is 0 Å². The summed E-state index contributed by atoms with van der Waals surface area (Å²) in [7, 11) is 0. The molecule has 0 aliphatic heterocycles. The minimum Gasteiger partial charge on any atom is -0.480 e. The van der Waals surface area contributed by atoms with Crippen LogP contribution in [0.4, 0.5) is 4.79 Å². The number of rotatable bonds is 7. The molecule has 26 heavy (non-hydrogen) atoms. The largest absolute Gasteiger partial charge is 0.480 e. The number of aliphatic carboxylic acids is 1. The Bertz CT molecular complexity index is 864. The zero-order chi connectivity index (χ0) is 18.4. The van der Waals surface area contributed by atoms with Crippen LogP contribution in [0.25, 0.3) is 11.4 Å². The number of hydrogen-bond acceptors (Lipinski definition) is 6. The molecule has 2 amide bonds. The topological polar surface area (TPSA) is 117 Å². The van der Waals surface area contributed by atoms with E-state index in [1.54, 1.807) is 12.1 Å². The van der Waals surface area contributed by atoms with Crippen LogP contribution >= 0.6 is 11.3 Å². The van der Waals surface area contributed by atoms with Gasteiger partial charge in [0, 0.05) is 17.4 Å². The Balaban J connectivity index is 1.53. The molecule has 2 heterocycles. The van der Waals surface area contributed by atoms with Crippen molar-refractivity contribution in [2.45, 2.75) is 19.0 Å². The number of nitrogens with zero attached hydrogens (tertiary/aromatic N) is 2. The SMILES string of the molecule is O=C(NCc1nc(-c2ccsc2)no1)NC(Cc1ccccc1)C(=O)O. The van der Waals surface area contributed by atoms with E-state index < -0.39 is 18.0 Å². The van der Waals surface area contributed by atoms with Crippen LogP contribution in [0.15, 0.2) is 51.7 Å². The molecule has 2 aromatic heterocycles. The summed E-state index contributed by atoms with van der Waals surface area (Å²) in [5.74, 6) is -0.436. The molecule has 1 unspecified atom stereocenters. The van der Waals surface area contributed by atoms with Crippen molar-refractivity contribution in [2.75, 3.05) is 0 Å². The molecule has 1 aromatic carbocycles. The molecular weight excluding hydrogens is 356 g/mol. The molecule has 3 rings (SSSR count). The molecule has 3 N–H and O–H groups in total. The van der Waals surface area contributed by atoms with Crippen molar-refractivity contribution in [2.24, 2.45) is 0 Å². The molecule has 0 bridgehead atoms. The number of urea groups is 1. The van der Waals surface area contributed by atoms with E-state index in [1.165, 1.54) is 11.3 Å². The molecule has 0 spiro atoms. The predicted molar refractivity (Wildman–Crippen MR) is 94.6 cm³/mol. The van der Waals surface area contributed by atoms with Crippen LogP contribution in [0.3, 0.4) is 0 Å². The monoisotopic (exact) mass is 372 g/mol. The van der Waals surface area contributed by atoms with Gasteiger partial charge in [-0.25, -0.2) is 9.59 Å². The van der Waals surface area contributed by atoms with Gasteiger partial charge in [0.1, 0.15) is 6.04 Å². The van der Waals surface area contributed by atoms with Gasteiger partial charge in [0.05, 0.1) is 6.54 Å². The van der Waals surface area contributed by atoms with Crippen LogP contribution in [-0.4, -0.2) is 33.3 Å². The zero-order valence-electron chi connectivity index (χ0n) is 13.6. The van der Waals surface area contributed by atoms with Crippen molar-refractivity contribution in [3.8, 4) is 11.4 Å². The summed E-state index contributed by atoms with van der Waals surface area (Å²) < 4.78 is 5.07. The zero-order valence-corrected chi connectivity index (χ0v) is 14.4. The number of nitrogens with one attached hydrogen (secondary N) is 2. The number of thiophene rings is 1. The highest BCUT2D eigenvalue weighted by Crippen LogP contribution is 2.18. The lowest BCUT2D eigenvalue weighted by atomic mass is 10.1. The van der Waals surface area contributed by atoms with Crippen molar-refractivity contribution in [3.05, 3.63) is 58.6 Å². The standard InChI is InChI=1S/C17H16N4O4S/c22-16(23)13(8-11-4-2-1-3-5-11)19-17(24)18-9-14-20-15(21-25-14)12-6-7-26-10-12/h1-7,10,13H,8-9H2,(H,22,23)(H2,18,19,24). The Morgan fingerprint density at radius 3 is 2.73 bits per heavy atom. The molecule has 3 aromatic rings. The number of amides is 2. The number of carboxylic acids is 1. The van der Waals surface area contributed by atoms with E-state index in [2.05, 4.69) is 20.8 Å². The first kappa shape index (κ1) is 17.6. The van der Waals surface area contributed by atoms with E-state index in [4.69, 9.17) is 4.52 Å². The number of aromatic nitrogens is 2. The normalized spacial score (nSPS) is 11.7. The summed E-state index contributed by atoms with van der Waals surface area (Å²) in [5, 5.41) is 21.9. The molecule has 0 aliphatic carbocycles. The fraction of sp³-hybridized carbons (Fsp3) is 0.176. The lowest BCUT2D eigenvalue weighted by molar-refractivity contribution is -0.139. The summed E-state index contributed by atoms with van der Waals surface area (Å²) in [5.41, 5.74) is 1.65. The third kappa shape index (κ3) is 4.67. The summed E-state index contributed by atoms with van der Waals surface area (Å²) >= 11 is 1.52. The van der Waals surface area contributed by atoms with E-state index in [-0.39, 0.29) is 18.9 Å². The predicted octanol–water partition coefficient (Wildman–Crippen LogP) is 2.29. The van der Waals surface area contributed by atoms with Crippen LogP contribution in [0.2, 0.25) is 0 Å².